The molecule has 0 aliphatic heterocycles. The lowest BCUT2D eigenvalue weighted by Crippen LogP contribution is -2.58. The van der Waals surface area contributed by atoms with E-state index < -0.39 is 17.6 Å². The molecule has 5 nitrogen and oxygen atoms in total. The van der Waals surface area contributed by atoms with Crippen molar-refractivity contribution in [3.63, 3.8) is 0 Å². The van der Waals surface area contributed by atoms with Gasteiger partial charge >= 0.3 is 5.97 Å². The Morgan fingerprint density at radius 1 is 1.30 bits per heavy atom. The number of ether oxygens (including phenoxy) is 1. The predicted octanol–water partition coefficient (Wildman–Crippen LogP) is 2.74. The Hall–Kier alpha value is -1.88. The highest BCUT2D eigenvalue weighted by molar-refractivity contribution is 5.89. The van der Waals surface area contributed by atoms with Gasteiger partial charge in [-0.05, 0) is 44.1 Å². The zero-order chi connectivity index (χ0) is 16.9. The topological polar surface area (TPSA) is 75.6 Å². The van der Waals surface area contributed by atoms with E-state index in [2.05, 4.69) is 12.2 Å². The average molecular weight is 319 g/mol. The lowest BCUT2D eigenvalue weighted by Gasteiger charge is -2.37. The van der Waals surface area contributed by atoms with Gasteiger partial charge in [-0.2, -0.15) is 0 Å². The predicted molar refractivity (Wildman–Crippen MR) is 86.8 cm³/mol. The van der Waals surface area contributed by atoms with Crippen molar-refractivity contribution in [3.8, 4) is 0 Å². The Labute approximate surface area is 137 Å². The molecule has 1 fully saturated rings. The van der Waals surface area contributed by atoms with E-state index in [4.69, 9.17) is 4.74 Å². The Bertz CT molecular complexity index is 535. The molecule has 1 saturated carbocycles. The zero-order valence-corrected chi connectivity index (χ0v) is 13.7. The van der Waals surface area contributed by atoms with Crippen LogP contribution in [0.15, 0.2) is 30.3 Å². The van der Waals surface area contributed by atoms with Gasteiger partial charge in [-0.25, -0.2) is 4.79 Å². The number of amides is 1. The molecule has 1 atom stereocenters. The standard InChI is InChI=1S/C18H25NO4/c1-13-8-10-18(11-9-13,17(21)22)19-16(20)14(2)23-12-15-6-4-3-5-7-15/h3-7,13-14H,8-12H2,1-2H3,(H,19,20)(H,21,22). The number of aliphatic carboxylic acids is 1. The number of nitrogens with one attached hydrogen (secondary N) is 1. The molecule has 0 spiro atoms. The second-order valence-corrected chi connectivity index (χ2v) is 6.50. The van der Waals surface area contributed by atoms with E-state index in [9.17, 15) is 14.7 Å². The van der Waals surface area contributed by atoms with Crippen LogP contribution in [0.3, 0.4) is 0 Å². The third-order valence-corrected chi connectivity index (χ3v) is 4.61. The first-order valence-electron chi connectivity index (χ1n) is 8.14. The second kappa shape index (κ2) is 7.59. The molecule has 1 amide bonds. The maximum Gasteiger partial charge on any atom is 0.329 e. The smallest absolute Gasteiger partial charge is 0.329 e. The summed E-state index contributed by atoms with van der Waals surface area (Å²) in [5.74, 6) is -0.808. The van der Waals surface area contributed by atoms with Gasteiger partial charge in [0.15, 0.2) is 0 Å². The molecule has 1 aliphatic carbocycles. The fourth-order valence-electron chi connectivity index (χ4n) is 2.86. The number of carbonyl (C=O) groups excluding carboxylic acids is 1. The summed E-state index contributed by atoms with van der Waals surface area (Å²) < 4.78 is 5.57. The first-order chi connectivity index (χ1) is 10.9. The number of carboxylic acid groups (broad SMARTS) is 1. The molecule has 23 heavy (non-hydrogen) atoms. The fraction of sp³-hybridized carbons (Fsp3) is 0.556. The van der Waals surface area contributed by atoms with Crippen LogP contribution in [0, 0.1) is 5.92 Å². The van der Waals surface area contributed by atoms with Crippen molar-refractivity contribution in [1.82, 2.24) is 5.32 Å². The first-order valence-corrected chi connectivity index (χ1v) is 8.14. The van der Waals surface area contributed by atoms with E-state index in [1.165, 1.54) is 0 Å². The van der Waals surface area contributed by atoms with Crippen LogP contribution in [0.1, 0.15) is 45.1 Å². The third kappa shape index (κ3) is 4.55. The minimum absolute atomic E-state index is 0.326. The van der Waals surface area contributed by atoms with E-state index in [-0.39, 0.29) is 5.91 Å². The summed E-state index contributed by atoms with van der Waals surface area (Å²) in [6.45, 7) is 4.09. The normalized spacial score (nSPS) is 25.6. The Balaban J connectivity index is 1.92. The molecule has 0 aromatic heterocycles. The molecule has 1 aliphatic rings. The Morgan fingerprint density at radius 2 is 1.91 bits per heavy atom. The maximum absolute atomic E-state index is 12.3. The van der Waals surface area contributed by atoms with Crippen LogP contribution < -0.4 is 5.32 Å². The quantitative estimate of drug-likeness (QED) is 0.845. The lowest BCUT2D eigenvalue weighted by atomic mass is 9.77. The highest BCUT2D eigenvalue weighted by atomic mass is 16.5. The second-order valence-electron chi connectivity index (χ2n) is 6.50. The Kier molecular flexibility index (Phi) is 5.77. The van der Waals surface area contributed by atoms with Crippen molar-refractivity contribution < 1.29 is 19.4 Å². The van der Waals surface area contributed by atoms with E-state index >= 15 is 0 Å². The fourth-order valence-corrected chi connectivity index (χ4v) is 2.86. The zero-order valence-electron chi connectivity index (χ0n) is 13.7. The molecular weight excluding hydrogens is 294 g/mol. The molecule has 0 bridgehead atoms. The minimum atomic E-state index is -1.14. The number of rotatable bonds is 6. The van der Waals surface area contributed by atoms with Crippen LogP contribution in [0.25, 0.3) is 0 Å². The van der Waals surface area contributed by atoms with E-state index in [1.54, 1.807) is 6.92 Å². The van der Waals surface area contributed by atoms with Crippen molar-refractivity contribution in [2.45, 2.75) is 57.8 Å². The summed E-state index contributed by atoms with van der Waals surface area (Å²) in [5.41, 5.74) is -0.167. The molecule has 0 saturated heterocycles. The summed E-state index contributed by atoms with van der Waals surface area (Å²) in [6.07, 6.45) is 1.88. The molecule has 1 aromatic rings. The molecule has 0 heterocycles. The summed E-state index contributed by atoms with van der Waals surface area (Å²) in [5, 5.41) is 12.3. The lowest BCUT2D eigenvalue weighted by molar-refractivity contribution is -0.152. The van der Waals surface area contributed by atoms with Gasteiger partial charge in [0.25, 0.3) is 0 Å². The maximum atomic E-state index is 12.3. The van der Waals surface area contributed by atoms with Crippen LogP contribution in [-0.2, 0) is 20.9 Å². The summed E-state index contributed by atoms with van der Waals surface area (Å²) in [4.78, 5) is 24.0. The summed E-state index contributed by atoms with van der Waals surface area (Å²) >= 11 is 0. The van der Waals surface area contributed by atoms with Gasteiger partial charge in [0.05, 0.1) is 6.61 Å². The van der Waals surface area contributed by atoms with Gasteiger partial charge in [-0.15, -0.1) is 0 Å². The van der Waals surface area contributed by atoms with Crippen molar-refractivity contribution in [2.24, 2.45) is 5.92 Å². The van der Waals surface area contributed by atoms with Gasteiger partial charge < -0.3 is 15.2 Å². The summed E-state index contributed by atoms with van der Waals surface area (Å²) in [7, 11) is 0. The SMILES string of the molecule is CC1CCC(NC(=O)C(C)OCc2ccccc2)(C(=O)O)CC1. The number of carbonyl (C=O) groups is 2. The van der Waals surface area contributed by atoms with Crippen LogP contribution in [0.4, 0.5) is 0 Å². The molecule has 2 N–H and O–H groups in total. The highest BCUT2D eigenvalue weighted by Gasteiger charge is 2.43. The molecule has 0 radical (unpaired) electrons. The first kappa shape index (κ1) is 17.5. The van der Waals surface area contributed by atoms with Crippen LogP contribution in [-0.4, -0.2) is 28.6 Å². The number of benzene rings is 1. The van der Waals surface area contributed by atoms with Crippen LogP contribution >= 0.6 is 0 Å². The highest BCUT2D eigenvalue weighted by Crippen LogP contribution is 2.32. The van der Waals surface area contributed by atoms with Crippen molar-refractivity contribution in [2.75, 3.05) is 0 Å². The minimum Gasteiger partial charge on any atom is -0.480 e. The van der Waals surface area contributed by atoms with E-state index in [0.29, 0.717) is 25.4 Å². The molecule has 126 valence electrons. The van der Waals surface area contributed by atoms with E-state index in [1.807, 2.05) is 30.3 Å². The monoisotopic (exact) mass is 319 g/mol. The molecular formula is C18H25NO4. The number of hydrogen-bond acceptors (Lipinski definition) is 3. The van der Waals surface area contributed by atoms with Crippen molar-refractivity contribution in [1.29, 1.82) is 0 Å². The van der Waals surface area contributed by atoms with Gasteiger partial charge in [-0.1, -0.05) is 37.3 Å². The molecule has 5 heteroatoms. The van der Waals surface area contributed by atoms with Crippen LogP contribution in [0.2, 0.25) is 0 Å². The molecule has 1 unspecified atom stereocenters. The summed E-state index contributed by atoms with van der Waals surface area (Å²) in [6, 6.07) is 9.58. The third-order valence-electron chi connectivity index (χ3n) is 4.61. The number of carboxylic acids is 1. The van der Waals surface area contributed by atoms with Crippen molar-refractivity contribution in [3.05, 3.63) is 35.9 Å². The van der Waals surface area contributed by atoms with Gasteiger partial charge in [0.1, 0.15) is 11.6 Å². The van der Waals surface area contributed by atoms with Gasteiger partial charge in [-0.3, -0.25) is 4.79 Å². The molecule has 2 rings (SSSR count). The van der Waals surface area contributed by atoms with Crippen molar-refractivity contribution >= 4 is 11.9 Å². The average Bonchev–Trinajstić information content (AvgIpc) is 2.55. The van der Waals surface area contributed by atoms with E-state index in [0.717, 1.165) is 18.4 Å². The van der Waals surface area contributed by atoms with Gasteiger partial charge in [0, 0.05) is 0 Å². The van der Waals surface area contributed by atoms with Crippen LogP contribution in [0.5, 0.6) is 0 Å². The Morgan fingerprint density at radius 3 is 2.48 bits per heavy atom. The molecule has 1 aromatic carbocycles. The van der Waals surface area contributed by atoms with Gasteiger partial charge in [0.2, 0.25) is 5.91 Å². The number of hydrogen-bond donors (Lipinski definition) is 2. The largest absolute Gasteiger partial charge is 0.480 e.